The van der Waals surface area contributed by atoms with E-state index in [1.807, 2.05) is 26.2 Å². The summed E-state index contributed by atoms with van der Waals surface area (Å²) in [5.74, 6) is -1.65. The smallest absolute Gasteiger partial charge is 0.407 e. The molecule has 1 aromatic heterocycles. The number of thiazole rings is 1. The van der Waals surface area contributed by atoms with E-state index in [4.69, 9.17) is 29.4 Å². The van der Waals surface area contributed by atoms with Crippen LogP contribution in [0.25, 0.3) is 0 Å². The van der Waals surface area contributed by atoms with Crippen molar-refractivity contribution in [2.24, 2.45) is 17.6 Å². The lowest BCUT2D eigenvalue weighted by Crippen LogP contribution is -2.53. The van der Waals surface area contributed by atoms with Crippen molar-refractivity contribution in [3.05, 3.63) is 64.1 Å². The zero-order chi connectivity index (χ0) is 36.7. The molecule has 2 fully saturated rings. The number of esters is 1. The molecule has 0 saturated carbocycles. The number of hydrogen-bond donors (Lipinski definition) is 4. The second-order valence-electron chi connectivity index (χ2n) is 12.8. The molecule has 0 unspecified atom stereocenters. The second kappa shape index (κ2) is 17.0. The number of aromatic hydroxyl groups is 2. The summed E-state index contributed by atoms with van der Waals surface area (Å²) in [7, 11) is -4.33. The van der Waals surface area contributed by atoms with Crippen LogP contribution in [0.1, 0.15) is 36.5 Å². The molecule has 3 aromatic rings. The fraction of sp³-hybridized carbons (Fsp3) is 0.500. The first kappa shape index (κ1) is 38.2. The van der Waals surface area contributed by atoms with E-state index in [9.17, 15) is 28.2 Å². The van der Waals surface area contributed by atoms with Crippen molar-refractivity contribution in [3.63, 3.8) is 0 Å². The predicted molar refractivity (Wildman–Crippen MR) is 185 cm³/mol. The second-order valence-corrected chi connectivity index (χ2v) is 15.8. The lowest BCUT2D eigenvalue weighted by Gasteiger charge is -2.33. The highest BCUT2D eigenvalue weighted by Crippen LogP contribution is 2.33. The number of carbonyl (C=O) groups is 2. The molecule has 0 radical (unpaired) electrons. The summed E-state index contributed by atoms with van der Waals surface area (Å²) in [5, 5.41) is 25.6. The van der Waals surface area contributed by atoms with Crippen LogP contribution in [0.4, 0.5) is 4.79 Å². The van der Waals surface area contributed by atoms with E-state index in [0.29, 0.717) is 24.3 Å². The Morgan fingerprint density at radius 2 is 1.88 bits per heavy atom. The third-order valence-corrected chi connectivity index (χ3v) is 11.1. The van der Waals surface area contributed by atoms with Crippen LogP contribution < -0.4 is 15.8 Å². The van der Waals surface area contributed by atoms with Crippen LogP contribution in [0.15, 0.2) is 52.7 Å². The van der Waals surface area contributed by atoms with Crippen molar-refractivity contribution in [3.8, 4) is 17.2 Å². The number of ether oxygens (including phenoxy) is 5. The van der Waals surface area contributed by atoms with Crippen molar-refractivity contribution in [2.45, 2.75) is 69.7 Å². The molecule has 1 amide bonds. The number of sulfonamides is 1. The number of benzene rings is 2. The summed E-state index contributed by atoms with van der Waals surface area (Å²) in [4.78, 5) is 30.3. The number of alkyl carbamates (subject to hydrolysis) is 1. The van der Waals surface area contributed by atoms with Gasteiger partial charge in [-0.3, -0.25) is 4.79 Å². The van der Waals surface area contributed by atoms with Crippen molar-refractivity contribution in [2.75, 3.05) is 32.8 Å². The predicted octanol–water partition coefficient (Wildman–Crippen LogP) is 3.06. The highest BCUT2D eigenvalue weighted by atomic mass is 32.2. The van der Waals surface area contributed by atoms with E-state index in [2.05, 4.69) is 10.3 Å². The third kappa shape index (κ3) is 10.1. The number of fused-ring (bicyclic) bond motifs is 1. The first-order valence-corrected chi connectivity index (χ1v) is 18.9. The Kier molecular flexibility index (Phi) is 12.8. The van der Waals surface area contributed by atoms with Gasteiger partial charge in [-0.15, -0.1) is 11.3 Å². The van der Waals surface area contributed by atoms with Gasteiger partial charge in [0.05, 0.1) is 53.9 Å². The van der Waals surface area contributed by atoms with Crippen molar-refractivity contribution in [1.29, 1.82) is 0 Å². The summed E-state index contributed by atoms with van der Waals surface area (Å²) in [6.07, 6.45) is -2.33. The van der Waals surface area contributed by atoms with Crippen LogP contribution in [0.2, 0.25) is 0 Å². The fourth-order valence-corrected chi connectivity index (χ4v) is 8.14. The molecular formula is C34H44N4O11S2. The van der Waals surface area contributed by atoms with Gasteiger partial charge in [0.2, 0.25) is 10.0 Å². The molecule has 2 aliphatic heterocycles. The van der Waals surface area contributed by atoms with Crippen LogP contribution in [0, 0.1) is 18.8 Å². The van der Waals surface area contributed by atoms with Crippen molar-refractivity contribution < 1.29 is 51.9 Å². The summed E-state index contributed by atoms with van der Waals surface area (Å²) in [6.45, 7) is 5.57. The fourth-order valence-electron chi connectivity index (χ4n) is 5.91. The lowest BCUT2D eigenvalue weighted by molar-refractivity contribution is -0.149. The number of hydrogen-bond acceptors (Lipinski definition) is 14. The summed E-state index contributed by atoms with van der Waals surface area (Å²) >= 11 is 1.53. The molecule has 5 atom stereocenters. The van der Waals surface area contributed by atoms with E-state index in [1.165, 1.54) is 11.3 Å². The Hall–Kier alpha value is -4.00. The number of aryl methyl sites for hydroxylation is 1. The Morgan fingerprint density at radius 3 is 2.55 bits per heavy atom. The van der Waals surface area contributed by atoms with Crippen LogP contribution in [-0.2, 0) is 46.8 Å². The standard InChI is InChI=1S/C34H44N4O11S2/c1-20(2)15-38(51(43,44)25-8-9-28(39)29(40)13-25)16-30(48-32(41)14-35)27(37-34(42)49-31-18-47-33-26(31)10-11-45-33)12-22-4-6-24(7-5-22)46-17-23-19-50-21(3)36-23/h4-9,13,19-20,26-27,30-31,33,39-40H,10-12,14-18,35H2,1-3H3,(H,37,42)/t26-,27-,30+,31-,33+/m0/s1. The van der Waals surface area contributed by atoms with Crippen LogP contribution >= 0.6 is 11.3 Å². The molecule has 0 spiro atoms. The molecule has 5 rings (SSSR count). The summed E-state index contributed by atoms with van der Waals surface area (Å²) in [5.41, 5.74) is 7.14. The number of amides is 1. The van der Waals surface area contributed by atoms with Crippen LogP contribution in [0.3, 0.4) is 0 Å². The Morgan fingerprint density at radius 1 is 1.12 bits per heavy atom. The quantitative estimate of drug-likeness (QED) is 0.123. The van der Waals surface area contributed by atoms with Gasteiger partial charge >= 0.3 is 12.1 Å². The molecule has 0 bridgehead atoms. The average Bonchev–Trinajstić information content (AvgIpc) is 3.83. The number of nitrogens with one attached hydrogen (secondary N) is 1. The van der Waals surface area contributed by atoms with Gasteiger partial charge < -0.3 is 44.9 Å². The highest BCUT2D eigenvalue weighted by molar-refractivity contribution is 7.89. The van der Waals surface area contributed by atoms with Gasteiger partial charge in [-0.05, 0) is 55.5 Å². The van der Waals surface area contributed by atoms with Gasteiger partial charge in [-0.1, -0.05) is 26.0 Å². The molecule has 2 aliphatic rings. The van der Waals surface area contributed by atoms with Gasteiger partial charge in [0.1, 0.15) is 24.6 Å². The molecule has 17 heteroatoms. The van der Waals surface area contributed by atoms with E-state index < -0.39 is 71.2 Å². The number of nitrogens with two attached hydrogens (primary N) is 1. The van der Waals surface area contributed by atoms with Gasteiger partial charge in [0, 0.05) is 18.0 Å². The van der Waals surface area contributed by atoms with E-state index in [1.54, 1.807) is 24.3 Å². The number of rotatable bonds is 16. The van der Waals surface area contributed by atoms with Gasteiger partial charge in [-0.25, -0.2) is 18.2 Å². The number of phenolic OH excluding ortho intramolecular Hbond substituents is 2. The Bertz CT molecular complexity index is 1750. The minimum absolute atomic E-state index is 0.00909. The van der Waals surface area contributed by atoms with E-state index in [-0.39, 0.29) is 42.9 Å². The van der Waals surface area contributed by atoms with Crippen molar-refractivity contribution >= 4 is 33.4 Å². The minimum atomic E-state index is -4.33. The molecule has 51 heavy (non-hydrogen) atoms. The molecule has 2 aromatic carbocycles. The molecule has 5 N–H and O–H groups in total. The highest BCUT2D eigenvalue weighted by Gasteiger charge is 2.44. The zero-order valence-corrected chi connectivity index (χ0v) is 30.2. The third-order valence-electron chi connectivity index (χ3n) is 8.41. The average molecular weight is 749 g/mol. The normalized spacial score (nSPS) is 19.8. The molecular weight excluding hydrogens is 705 g/mol. The maximum atomic E-state index is 14.0. The number of carbonyl (C=O) groups excluding carboxylic acids is 2. The first-order chi connectivity index (χ1) is 24.3. The van der Waals surface area contributed by atoms with Crippen LogP contribution in [0.5, 0.6) is 17.2 Å². The Balaban J connectivity index is 1.42. The van der Waals surface area contributed by atoms with Gasteiger partial charge in [-0.2, -0.15) is 4.31 Å². The topological polar surface area (TPSA) is 209 Å². The Labute approximate surface area is 300 Å². The molecule has 15 nitrogen and oxygen atoms in total. The summed E-state index contributed by atoms with van der Waals surface area (Å²) < 4.78 is 57.6. The van der Waals surface area contributed by atoms with Gasteiger partial charge in [0.15, 0.2) is 17.8 Å². The van der Waals surface area contributed by atoms with E-state index >= 15 is 0 Å². The first-order valence-electron chi connectivity index (χ1n) is 16.6. The van der Waals surface area contributed by atoms with E-state index in [0.717, 1.165) is 33.2 Å². The maximum absolute atomic E-state index is 14.0. The monoisotopic (exact) mass is 748 g/mol. The molecule has 3 heterocycles. The number of aromatic nitrogens is 1. The molecule has 2 saturated heterocycles. The molecule has 0 aliphatic carbocycles. The lowest BCUT2D eigenvalue weighted by atomic mass is 10.0. The van der Waals surface area contributed by atoms with Crippen molar-refractivity contribution in [1.82, 2.24) is 14.6 Å². The maximum Gasteiger partial charge on any atom is 0.407 e. The summed E-state index contributed by atoms with van der Waals surface area (Å²) in [6, 6.07) is 9.26. The minimum Gasteiger partial charge on any atom is -0.504 e. The largest absolute Gasteiger partial charge is 0.504 e. The molecule has 278 valence electrons. The van der Waals surface area contributed by atoms with Gasteiger partial charge in [0.25, 0.3) is 0 Å². The SMILES string of the molecule is Cc1nc(COc2ccc(C[C@H](NC(=O)O[C@H]3CO[C@H]4OCC[C@H]43)[C@@H](CN(CC(C)C)S(=O)(=O)c3ccc(O)c(O)c3)OC(=O)CN)cc2)cs1. The number of phenols is 2. The number of nitrogens with zero attached hydrogens (tertiary/aromatic N) is 2. The zero-order valence-electron chi connectivity index (χ0n) is 28.6. The van der Waals surface area contributed by atoms with Crippen LogP contribution in [-0.4, -0.2) is 97.4 Å².